The zero-order chi connectivity index (χ0) is 49.3. The molecule has 1 aliphatic heterocycles. The van der Waals surface area contributed by atoms with Crippen molar-refractivity contribution in [2.75, 3.05) is 11.9 Å². The number of ether oxygens (including phenoxy) is 1. The average Bonchev–Trinajstić information content (AvgIpc) is 4.14. The van der Waals surface area contributed by atoms with Crippen LogP contribution in [0.3, 0.4) is 0 Å². The number of hydrogen-bond acceptors (Lipinski definition) is 8. The number of allylic oxidation sites excluding steroid dienone is 1. The molecular weight excluding hydrogens is 899 g/mol. The van der Waals surface area contributed by atoms with Gasteiger partial charge in [-0.1, -0.05) is 78.9 Å². The molecule has 72 heavy (non-hydrogen) atoms. The van der Waals surface area contributed by atoms with E-state index in [0.717, 1.165) is 112 Å². The molecule has 11 rings (SSSR count). The summed E-state index contributed by atoms with van der Waals surface area (Å²) in [7, 11) is 0. The van der Waals surface area contributed by atoms with E-state index in [2.05, 4.69) is 76.0 Å². The fourth-order valence-electron chi connectivity index (χ4n) is 13.0. The summed E-state index contributed by atoms with van der Waals surface area (Å²) < 4.78 is 6.55. The number of Topliss-reactive ketones (excluding diaryl/α,β-unsaturated/α-hetero) is 2. The summed E-state index contributed by atoms with van der Waals surface area (Å²) in [5.74, 6) is -0.709. The van der Waals surface area contributed by atoms with Crippen LogP contribution >= 0.6 is 0 Å². The van der Waals surface area contributed by atoms with E-state index in [4.69, 9.17) is 4.74 Å². The van der Waals surface area contributed by atoms with Gasteiger partial charge in [0.1, 0.15) is 17.4 Å². The fourth-order valence-corrected chi connectivity index (χ4v) is 13.0. The minimum atomic E-state index is -1.04. The number of aliphatic hydroxyl groups excluding tert-OH is 2. The zero-order valence-corrected chi connectivity index (χ0v) is 41.0. The number of nitrogens with one attached hydrogen (secondary N) is 3. The molecule has 6 aromatic rings. The maximum Gasteiger partial charge on any atom is 0.161 e. The van der Waals surface area contributed by atoms with Crippen molar-refractivity contribution in [2.24, 2.45) is 17.8 Å². The number of aliphatic hydroxyl groups is 2. The van der Waals surface area contributed by atoms with Crippen molar-refractivity contribution >= 4 is 29.5 Å². The van der Waals surface area contributed by atoms with Crippen LogP contribution in [-0.2, 0) is 41.7 Å². The van der Waals surface area contributed by atoms with Crippen LogP contribution in [0.25, 0.3) is 12.2 Å². The maximum absolute atomic E-state index is 15.9. The lowest BCUT2D eigenvalue weighted by Crippen LogP contribution is -2.41. The molecular formula is C62H67N3O7. The number of hydrogen-bond donors (Lipinski definition) is 7. The molecule has 1 fully saturated rings. The molecule has 0 unspecified atom stereocenters. The first-order valence-corrected chi connectivity index (χ1v) is 26.5. The fraction of sp³-hybridized carbons (Fsp3) is 0.387. The van der Waals surface area contributed by atoms with Crippen LogP contribution in [0.5, 0.6) is 17.2 Å². The number of phenols is 2. The molecule has 7 N–H and O–H groups in total. The van der Waals surface area contributed by atoms with E-state index in [0.29, 0.717) is 49.8 Å². The number of aromatic hydroxyl groups is 2. The summed E-state index contributed by atoms with van der Waals surface area (Å²) in [6.07, 6.45) is 19.1. The molecule has 7 atom stereocenters. The van der Waals surface area contributed by atoms with Crippen molar-refractivity contribution in [2.45, 2.75) is 126 Å². The van der Waals surface area contributed by atoms with Gasteiger partial charge in [-0.2, -0.15) is 0 Å². The zero-order valence-electron chi connectivity index (χ0n) is 41.0. The SMILES string of the molecule is O=C1CCc2cc(c(O)c(OC3CCCC3)c2)Cc2ccc(C[C@H](O)Cc3ccccc3)c(c2)[C@@H]2CC[C@@H](Nc3[nH]ccc32)C2=Cc3[nH]ccc3[C@@H](C[C@@H]3C=Cc4c(O)cccc4CC3)[C@H]2C(=O)[C@H]1CCO. The van der Waals surface area contributed by atoms with Gasteiger partial charge in [-0.05, 0) is 164 Å². The van der Waals surface area contributed by atoms with Gasteiger partial charge in [0.05, 0.1) is 18.1 Å². The van der Waals surface area contributed by atoms with Gasteiger partial charge in [-0.3, -0.25) is 9.59 Å². The Balaban J connectivity index is 1.03. The normalized spacial score (nSPS) is 23.6. The van der Waals surface area contributed by atoms with Gasteiger partial charge < -0.3 is 40.4 Å². The van der Waals surface area contributed by atoms with Gasteiger partial charge >= 0.3 is 0 Å². The van der Waals surface area contributed by atoms with Gasteiger partial charge in [-0.25, -0.2) is 0 Å². The van der Waals surface area contributed by atoms with Gasteiger partial charge in [-0.15, -0.1) is 0 Å². The number of aromatic nitrogens is 2. The molecule has 3 heterocycles. The molecule has 0 saturated heterocycles. The predicted octanol–water partition coefficient (Wildman–Crippen LogP) is 11.1. The summed E-state index contributed by atoms with van der Waals surface area (Å²) >= 11 is 0. The second kappa shape index (κ2) is 20.8. The number of aromatic amines is 2. The van der Waals surface area contributed by atoms with Gasteiger partial charge in [0, 0.05) is 78.0 Å². The Kier molecular flexibility index (Phi) is 13.8. The third-order valence-corrected chi connectivity index (χ3v) is 16.6. The number of phenolic OH excluding ortho intramolecular Hbond substituents is 2. The molecule has 5 aliphatic rings. The molecule has 0 spiro atoms. The number of aryl methyl sites for hydroxylation is 2. The first-order valence-electron chi connectivity index (χ1n) is 26.5. The van der Waals surface area contributed by atoms with Crippen LogP contribution in [0.1, 0.15) is 137 Å². The highest BCUT2D eigenvalue weighted by atomic mass is 16.5. The standard InChI is InChI=1S/C62H67N3O7/c66-28-25-50-57(69)22-16-40-30-43(60(70)58(34-40)72-45-10-4-5-11-45)29-39-14-18-42(35-44(67)31-37-7-2-1-3-8-37)51(33-39)47-20-21-54(65-62-49(47)24-27-64-62)53-36-55-48(23-26-63-55)52(59(53)61(50)71)32-38-13-17-41-9-6-12-56(68)46(41)19-15-38/h1-3,6-9,12,14-15,18-19,23-24,26-27,30,33-34,36,38,44-45,47,50,52,54,59,63-68,70H,4-5,10-11,13,16-17,20-22,25,28-29,31-32,35H2/t38-,44+,47+,50-,52+,54+,59+/m0/s1. The predicted molar refractivity (Wildman–Crippen MR) is 281 cm³/mol. The lowest BCUT2D eigenvalue weighted by molar-refractivity contribution is -0.135. The van der Waals surface area contributed by atoms with Gasteiger partial charge in [0.25, 0.3) is 0 Å². The number of anilines is 1. The molecule has 10 nitrogen and oxygen atoms in total. The highest BCUT2D eigenvalue weighted by molar-refractivity contribution is 6.05. The van der Waals surface area contributed by atoms with Crippen LogP contribution in [0.4, 0.5) is 5.82 Å². The quantitative estimate of drug-likeness (QED) is 0.0666. The average molecular weight is 966 g/mol. The molecule has 10 heteroatoms. The summed E-state index contributed by atoms with van der Waals surface area (Å²) in [6, 6.07) is 30.2. The number of rotatable bonds is 10. The van der Waals surface area contributed by atoms with Crippen molar-refractivity contribution in [3.63, 3.8) is 0 Å². The number of H-pyrrole nitrogens is 2. The van der Waals surface area contributed by atoms with Crippen molar-refractivity contribution in [3.8, 4) is 17.2 Å². The lowest BCUT2D eigenvalue weighted by atomic mass is 9.66. The van der Waals surface area contributed by atoms with E-state index < -0.39 is 17.9 Å². The van der Waals surface area contributed by atoms with Gasteiger partial charge in [0.2, 0.25) is 0 Å². The Labute approximate surface area is 422 Å². The van der Waals surface area contributed by atoms with Crippen molar-refractivity contribution in [1.82, 2.24) is 9.97 Å². The Morgan fingerprint density at radius 2 is 1.58 bits per heavy atom. The first kappa shape index (κ1) is 47.7. The van der Waals surface area contributed by atoms with Gasteiger partial charge in [0.15, 0.2) is 17.3 Å². The van der Waals surface area contributed by atoms with Crippen LogP contribution < -0.4 is 10.1 Å². The second-order valence-corrected chi connectivity index (χ2v) is 21.3. The maximum atomic E-state index is 15.9. The van der Waals surface area contributed by atoms with Crippen molar-refractivity contribution < 1.29 is 34.8 Å². The molecule has 372 valence electrons. The molecule has 4 aliphatic carbocycles. The van der Waals surface area contributed by atoms with Crippen LogP contribution in [0.15, 0.2) is 115 Å². The molecule has 2 aromatic heterocycles. The third kappa shape index (κ3) is 9.83. The highest BCUT2D eigenvalue weighted by Crippen LogP contribution is 2.50. The Morgan fingerprint density at radius 3 is 2.43 bits per heavy atom. The summed E-state index contributed by atoms with van der Waals surface area (Å²) in [4.78, 5) is 37.9. The number of ketones is 2. The lowest BCUT2D eigenvalue weighted by Gasteiger charge is -2.38. The van der Waals surface area contributed by atoms with E-state index in [1.807, 2.05) is 54.9 Å². The number of carbonyl (C=O) groups excluding carboxylic acids is 2. The van der Waals surface area contributed by atoms with Crippen LogP contribution in [-0.4, -0.2) is 66.8 Å². The monoisotopic (exact) mass is 965 g/mol. The van der Waals surface area contributed by atoms with Crippen LogP contribution in [0, 0.1) is 17.8 Å². The number of benzene rings is 4. The molecule has 1 saturated carbocycles. The molecule has 0 amide bonds. The smallest absolute Gasteiger partial charge is 0.161 e. The van der Waals surface area contributed by atoms with E-state index in [-0.39, 0.29) is 72.4 Å². The summed E-state index contributed by atoms with van der Waals surface area (Å²) in [6.45, 7) is -0.306. The Morgan fingerprint density at radius 1 is 0.750 bits per heavy atom. The Bertz CT molecular complexity index is 2990. The minimum absolute atomic E-state index is 0.00340. The van der Waals surface area contributed by atoms with Crippen molar-refractivity contribution in [1.29, 1.82) is 0 Å². The molecule has 6 bridgehead atoms. The molecule has 4 aromatic carbocycles. The number of fused-ring (bicyclic) bond motifs is 14. The highest BCUT2D eigenvalue weighted by Gasteiger charge is 2.45. The topological polar surface area (TPSA) is 168 Å². The van der Waals surface area contributed by atoms with Crippen molar-refractivity contribution in [3.05, 3.63) is 176 Å². The van der Waals surface area contributed by atoms with Crippen LogP contribution in [0.2, 0.25) is 0 Å². The van der Waals surface area contributed by atoms with E-state index in [1.54, 1.807) is 6.07 Å². The Hall–Kier alpha value is -6.62. The molecule has 0 radical (unpaired) electrons. The summed E-state index contributed by atoms with van der Waals surface area (Å²) in [5, 5.41) is 49.2. The van der Waals surface area contributed by atoms with E-state index >= 15 is 4.79 Å². The van der Waals surface area contributed by atoms with E-state index in [9.17, 15) is 25.2 Å². The largest absolute Gasteiger partial charge is 0.507 e. The summed E-state index contributed by atoms with van der Waals surface area (Å²) in [5.41, 5.74) is 11.8. The first-order chi connectivity index (χ1) is 35.2. The second-order valence-electron chi connectivity index (χ2n) is 21.3. The number of carbonyl (C=O) groups is 2. The minimum Gasteiger partial charge on any atom is -0.507 e. The van der Waals surface area contributed by atoms with E-state index in [1.165, 1.54) is 0 Å². The third-order valence-electron chi connectivity index (χ3n) is 16.6.